The summed E-state index contributed by atoms with van der Waals surface area (Å²) in [5.41, 5.74) is 0. The van der Waals surface area contributed by atoms with Crippen LogP contribution >= 0.6 is 11.3 Å². The van der Waals surface area contributed by atoms with E-state index < -0.39 is 31.3 Å². The molecule has 0 aliphatic carbocycles. The third-order valence-corrected chi connectivity index (χ3v) is 5.36. The van der Waals surface area contributed by atoms with Gasteiger partial charge < -0.3 is 15.4 Å². The third-order valence-electron chi connectivity index (χ3n) is 4.38. The van der Waals surface area contributed by atoms with Crippen molar-refractivity contribution in [3.63, 3.8) is 0 Å². The topological polar surface area (TPSA) is 70.7 Å². The van der Waals surface area contributed by atoms with Crippen LogP contribution in [0, 0.1) is 5.92 Å². The highest BCUT2D eigenvalue weighted by Crippen LogP contribution is 2.29. The molecule has 2 amide bonds. The first-order chi connectivity index (χ1) is 12.7. The van der Waals surface area contributed by atoms with E-state index in [0.717, 1.165) is 30.8 Å². The van der Waals surface area contributed by atoms with Gasteiger partial charge in [-0.2, -0.15) is 13.2 Å². The molecule has 1 aliphatic heterocycles. The van der Waals surface area contributed by atoms with Crippen LogP contribution in [-0.4, -0.2) is 55.9 Å². The Morgan fingerprint density at radius 3 is 2.63 bits per heavy atom. The van der Waals surface area contributed by atoms with Crippen LogP contribution in [0.15, 0.2) is 17.5 Å². The van der Waals surface area contributed by atoms with E-state index in [1.165, 1.54) is 0 Å². The minimum absolute atomic E-state index is 0.0404. The lowest BCUT2D eigenvalue weighted by atomic mass is 9.97. The second-order valence-corrected chi connectivity index (χ2v) is 7.58. The number of alkyl carbamates (subject to hydrolysis) is 1. The van der Waals surface area contributed by atoms with Gasteiger partial charge in [-0.3, -0.25) is 9.69 Å². The molecular formula is C17H24F3N3O3S. The highest BCUT2D eigenvalue weighted by atomic mass is 32.1. The van der Waals surface area contributed by atoms with Crippen LogP contribution in [-0.2, 0) is 9.53 Å². The monoisotopic (exact) mass is 407 g/mol. The quantitative estimate of drug-likeness (QED) is 0.729. The van der Waals surface area contributed by atoms with E-state index in [9.17, 15) is 22.8 Å². The molecule has 0 saturated carbocycles. The average molecular weight is 407 g/mol. The Morgan fingerprint density at radius 1 is 1.33 bits per heavy atom. The molecule has 2 rings (SSSR count). The molecule has 2 heterocycles. The Kier molecular flexibility index (Phi) is 7.91. The third kappa shape index (κ3) is 7.76. The summed E-state index contributed by atoms with van der Waals surface area (Å²) in [6.07, 6.45) is -3.67. The van der Waals surface area contributed by atoms with E-state index in [2.05, 4.69) is 21.9 Å². The fourth-order valence-corrected chi connectivity index (χ4v) is 3.72. The summed E-state index contributed by atoms with van der Waals surface area (Å²) in [6, 6.07) is 4.02. The van der Waals surface area contributed by atoms with Gasteiger partial charge in [0.2, 0.25) is 5.91 Å². The lowest BCUT2D eigenvalue weighted by molar-refractivity contribution is -0.160. The van der Waals surface area contributed by atoms with Crippen molar-refractivity contribution in [2.24, 2.45) is 5.92 Å². The number of piperidine rings is 1. The number of amides is 2. The molecule has 10 heteroatoms. The predicted molar refractivity (Wildman–Crippen MR) is 95.4 cm³/mol. The van der Waals surface area contributed by atoms with Gasteiger partial charge >= 0.3 is 12.3 Å². The maximum Gasteiger partial charge on any atom is 0.422 e. The maximum atomic E-state index is 12.0. The summed E-state index contributed by atoms with van der Waals surface area (Å²) in [5, 5.41) is 6.74. The lowest BCUT2D eigenvalue weighted by Gasteiger charge is -2.36. The van der Waals surface area contributed by atoms with Gasteiger partial charge in [0.05, 0.1) is 12.6 Å². The van der Waals surface area contributed by atoms with Gasteiger partial charge in [-0.1, -0.05) is 13.0 Å². The number of halogens is 3. The Bertz CT molecular complexity index is 602. The fraction of sp³-hybridized carbons (Fsp3) is 0.647. The maximum absolute atomic E-state index is 12.0. The predicted octanol–water partition coefficient (Wildman–Crippen LogP) is 2.93. The van der Waals surface area contributed by atoms with Gasteiger partial charge in [0.25, 0.3) is 0 Å². The Morgan fingerprint density at radius 2 is 2.04 bits per heavy atom. The first-order valence-electron chi connectivity index (χ1n) is 8.76. The van der Waals surface area contributed by atoms with Gasteiger partial charge in [-0.25, -0.2) is 4.79 Å². The van der Waals surface area contributed by atoms with Crippen LogP contribution in [0.4, 0.5) is 18.0 Å². The summed E-state index contributed by atoms with van der Waals surface area (Å²) in [4.78, 5) is 26.6. The Balaban J connectivity index is 1.79. The van der Waals surface area contributed by atoms with Crippen LogP contribution in [0.2, 0.25) is 0 Å². The molecule has 0 radical (unpaired) electrons. The standard InChI is InChI=1S/C17H24F3N3O3S/c1-12-4-6-23(7-5-12)13(14-3-2-8-27-14)9-21-15(24)10-22-16(25)26-11-17(18,19)20/h2-3,8,12-13H,4-7,9-11H2,1H3,(H,21,24)(H,22,25). The van der Waals surface area contributed by atoms with Gasteiger partial charge in [0, 0.05) is 11.4 Å². The number of carbonyl (C=O) groups excluding carboxylic acids is 2. The van der Waals surface area contributed by atoms with Crippen molar-refractivity contribution in [2.75, 3.05) is 32.8 Å². The number of likely N-dealkylation sites (tertiary alicyclic amines) is 1. The molecule has 1 aromatic rings. The van der Waals surface area contributed by atoms with Crippen molar-refractivity contribution in [3.05, 3.63) is 22.4 Å². The second-order valence-electron chi connectivity index (χ2n) is 6.60. The molecule has 27 heavy (non-hydrogen) atoms. The molecule has 0 spiro atoms. The molecule has 6 nitrogen and oxygen atoms in total. The molecule has 152 valence electrons. The van der Waals surface area contributed by atoms with Crippen molar-refractivity contribution in [2.45, 2.75) is 32.0 Å². The average Bonchev–Trinajstić information content (AvgIpc) is 3.13. The number of hydrogen-bond acceptors (Lipinski definition) is 5. The minimum Gasteiger partial charge on any atom is -0.440 e. The summed E-state index contributed by atoms with van der Waals surface area (Å²) < 4.78 is 39.9. The summed E-state index contributed by atoms with van der Waals surface area (Å²) >= 11 is 1.62. The fourth-order valence-electron chi connectivity index (χ4n) is 2.85. The zero-order valence-corrected chi connectivity index (χ0v) is 15.9. The van der Waals surface area contributed by atoms with Gasteiger partial charge in [0.1, 0.15) is 0 Å². The number of nitrogens with zero attached hydrogens (tertiary/aromatic N) is 1. The molecular weight excluding hydrogens is 383 g/mol. The molecule has 1 atom stereocenters. The van der Waals surface area contributed by atoms with Crippen LogP contribution in [0.3, 0.4) is 0 Å². The van der Waals surface area contributed by atoms with Crippen LogP contribution in [0.1, 0.15) is 30.7 Å². The summed E-state index contributed by atoms with van der Waals surface area (Å²) in [6.45, 7) is 2.36. The van der Waals surface area contributed by atoms with Crippen molar-refractivity contribution in [1.29, 1.82) is 0 Å². The van der Waals surface area contributed by atoms with E-state index >= 15 is 0 Å². The van der Waals surface area contributed by atoms with Crippen molar-refractivity contribution in [3.8, 4) is 0 Å². The molecule has 0 bridgehead atoms. The molecule has 1 saturated heterocycles. The molecule has 0 aromatic carbocycles. The van der Waals surface area contributed by atoms with E-state index in [0.29, 0.717) is 12.5 Å². The van der Waals surface area contributed by atoms with Gasteiger partial charge in [-0.15, -0.1) is 11.3 Å². The number of hydrogen-bond donors (Lipinski definition) is 2. The molecule has 2 N–H and O–H groups in total. The number of rotatable bonds is 7. The summed E-state index contributed by atoms with van der Waals surface area (Å²) in [7, 11) is 0. The smallest absolute Gasteiger partial charge is 0.422 e. The SMILES string of the molecule is CC1CCN(C(CNC(=O)CNC(=O)OCC(F)(F)F)c2cccs2)CC1. The second kappa shape index (κ2) is 9.93. The van der Waals surface area contributed by atoms with Crippen LogP contribution in [0.25, 0.3) is 0 Å². The van der Waals surface area contributed by atoms with E-state index in [-0.39, 0.29) is 6.04 Å². The lowest BCUT2D eigenvalue weighted by Crippen LogP contribution is -2.44. The Hall–Kier alpha value is -1.81. The van der Waals surface area contributed by atoms with E-state index in [1.54, 1.807) is 11.3 Å². The number of carbonyl (C=O) groups is 2. The Labute approximate surface area is 160 Å². The zero-order valence-electron chi connectivity index (χ0n) is 15.1. The molecule has 1 aliphatic rings. The molecule has 1 fully saturated rings. The van der Waals surface area contributed by atoms with Crippen LogP contribution < -0.4 is 10.6 Å². The van der Waals surface area contributed by atoms with Crippen LogP contribution in [0.5, 0.6) is 0 Å². The number of nitrogens with one attached hydrogen (secondary N) is 2. The normalized spacial score (nSPS) is 17.3. The largest absolute Gasteiger partial charge is 0.440 e. The molecule has 1 aromatic heterocycles. The first kappa shape index (κ1) is 21.5. The van der Waals surface area contributed by atoms with Crippen molar-refractivity contribution in [1.82, 2.24) is 15.5 Å². The van der Waals surface area contributed by atoms with Gasteiger partial charge in [-0.05, 0) is 43.3 Å². The minimum atomic E-state index is -4.60. The summed E-state index contributed by atoms with van der Waals surface area (Å²) in [5.74, 6) is 0.206. The van der Waals surface area contributed by atoms with Gasteiger partial charge in [0.15, 0.2) is 6.61 Å². The number of alkyl halides is 3. The first-order valence-corrected chi connectivity index (χ1v) is 9.64. The van der Waals surface area contributed by atoms with Crippen molar-refractivity contribution < 1.29 is 27.5 Å². The highest BCUT2D eigenvalue weighted by molar-refractivity contribution is 7.10. The zero-order chi connectivity index (χ0) is 19.9. The van der Waals surface area contributed by atoms with E-state index in [4.69, 9.17) is 0 Å². The number of ether oxygens (including phenoxy) is 1. The molecule has 1 unspecified atom stereocenters. The highest BCUT2D eigenvalue weighted by Gasteiger charge is 2.30. The van der Waals surface area contributed by atoms with Crippen molar-refractivity contribution >= 4 is 23.3 Å². The number of thiophene rings is 1. The van der Waals surface area contributed by atoms with E-state index in [1.807, 2.05) is 22.8 Å².